The number of carbonyl (C=O) groups excluding carboxylic acids is 1. The van der Waals surface area contributed by atoms with Gasteiger partial charge < -0.3 is 15.2 Å². The molecule has 0 spiro atoms. The summed E-state index contributed by atoms with van der Waals surface area (Å²) < 4.78 is 19.9. The first-order valence-electron chi connectivity index (χ1n) is 8.37. The average Bonchev–Trinajstić information content (AvgIpc) is 3.05. The van der Waals surface area contributed by atoms with Crippen molar-refractivity contribution in [3.63, 3.8) is 0 Å². The summed E-state index contributed by atoms with van der Waals surface area (Å²) in [6, 6.07) is 8.36. The number of hydrogen-bond donors (Lipinski definition) is 2. The Labute approximate surface area is 165 Å². The Kier molecular flexibility index (Phi) is 5.51. The van der Waals surface area contributed by atoms with Crippen LogP contribution >= 0.6 is 11.6 Å². The smallest absolute Gasteiger partial charge is 0.274 e. The van der Waals surface area contributed by atoms with Crippen LogP contribution in [0.2, 0.25) is 5.02 Å². The first kappa shape index (κ1) is 19.6. The summed E-state index contributed by atoms with van der Waals surface area (Å²) in [5, 5.41) is 20.7. The molecule has 1 atom stereocenters. The molecule has 7 nitrogen and oxygen atoms in total. The first-order valence-corrected chi connectivity index (χ1v) is 8.75. The topological polar surface area (TPSA) is 89.3 Å². The second kappa shape index (κ2) is 7.85. The monoisotopic (exact) mass is 404 g/mol. The lowest BCUT2D eigenvalue weighted by atomic mass is 10.1. The SMILES string of the molecule is COc1ccc(O)c([C@H](C)NC(=O)c2nnn(-c3ccc(F)c(Cl)c3)c2C)c1. The fourth-order valence-electron chi connectivity index (χ4n) is 2.75. The number of carbonyl (C=O) groups is 1. The summed E-state index contributed by atoms with van der Waals surface area (Å²) in [6.07, 6.45) is 0. The number of phenols is 1. The Hall–Kier alpha value is -3.13. The van der Waals surface area contributed by atoms with E-state index in [1.807, 2.05) is 0 Å². The molecule has 0 saturated carbocycles. The number of benzene rings is 2. The normalized spacial score (nSPS) is 11.9. The van der Waals surface area contributed by atoms with Crippen LogP contribution in [-0.2, 0) is 0 Å². The minimum Gasteiger partial charge on any atom is -0.508 e. The highest BCUT2D eigenvalue weighted by molar-refractivity contribution is 6.30. The van der Waals surface area contributed by atoms with Crippen molar-refractivity contribution in [1.29, 1.82) is 0 Å². The van der Waals surface area contributed by atoms with Crippen molar-refractivity contribution in [2.45, 2.75) is 19.9 Å². The third-order valence-corrected chi connectivity index (χ3v) is 4.60. The van der Waals surface area contributed by atoms with E-state index in [1.165, 1.54) is 36.1 Å². The lowest BCUT2D eigenvalue weighted by molar-refractivity contribution is 0.0933. The van der Waals surface area contributed by atoms with E-state index in [4.69, 9.17) is 16.3 Å². The lowest BCUT2D eigenvalue weighted by Gasteiger charge is -2.16. The molecule has 0 aliphatic heterocycles. The van der Waals surface area contributed by atoms with Crippen molar-refractivity contribution in [2.24, 2.45) is 0 Å². The number of ether oxygens (including phenoxy) is 1. The second-order valence-electron chi connectivity index (χ2n) is 6.15. The van der Waals surface area contributed by atoms with Gasteiger partial charge in [-0.3, -0.25) is 4.79 Å². The van der Waals surface area contributed by atoms with E-state index in [-0.39, 0.29) is 16.5 Å². The Morgan fingerprint density at radius 2 is 2.07 bits per heavy atom. The van der Waals surface area contributed by atoms with E-state index in [2.05, 4.69) is 15.6 Å². The summed E-state index contributed by atoms with van der Waals surface area (Å²) in [7, 11) is 1.52. The predicted molar refractivity (Wildman–Crippen MR) is 102 cm³/mol. The predicted octanol–water partition coefficient (Wildman–Crippen LogP) is 3.57. The van der Waals surface area contributed by atoms with Gasteiger partial charge >= 0.3 is 0 Å². The minimum absolute atomic E-state index is 0.0370. The standard InChI is InChI=1S/C19H18ClFN4O3/c1-10(14-9-13(28-3)5-7-17(14)26)22-19(27)18-11(2)25(24-23-18)12-4-6-16(21)15(20)8-12/h4-10,26H,1-3H3,(H,22,27)/t10-/m0/s1. The fourth-order valence-corrected chi connectivity index (χ4v) is 2.92. The maximum atomic E-state index is 13.4. The molecule has 0 fully saturated rings. The Bertz CT molecular complexity index is 1040. The van der Waals surface area contributed by atoms with Gasteiger partial charge in [0.1, 0.15) is 17.3 Å². The third-order valence-electron chi connectivity index (χ3n) is 4.31. The van der Waals surface area contributed by atoms with E-state index < -0.39 is 17.8 Å². The van der Waals surface area contributed by atoms with Crippen LogP contribution in [0, 0.1) is 12.7 Å². The van der Waals surface area contributed by atoms with Gasteiger partial charge in [0.25, 0.3) is 5.91 Å². The molecule has 3 rings (SSSR count). The lowest BCUT2D eigenvalue weighted by Crippen LogP contribution is -2.27. The van der Waals surface area contributed by atoms with Crippen molar-refractivity contribution in [3.05, 3.63) is 64.2 Å². The molecule has 3 aromatic rings. The number of amides is 1. The van der Waals surface area contributed by atoms with Gasteiger partial charge in [0.05, 0.1) is 29.6 Å². The van der Waals surface area contributed by atoms with Gasteiger partial charge in [0.15, 0.2) is 5.69 Å². The van der Waals surface area contributed by atoms with Gasteiger partial charge in [0, 0.05) is 5.56 Å². The zero-order valence-corrected chi connectivity index (χ0v) is 16.2. The number of rotatable bonds is 5. The van der Waals surface area contributed by atoms with Gasteiger partial charge in [-0.05, 0) is 50.2 Å². The summed E-state index contributed by atoms with van der Waals surface area (Å²) in [5.74, 6) is -0.418. The fraction of sp³-hybridized carbons (Fsp3) is 0.211. The zero-order chi connectivity index (χ0) is 20.4. The van der Waals surface area contributed by atoms with Gasteiger partial charge in [0.2, 0.25) is 0 Å². The number of halogens is 2. The van der Waals surface area contributed by atoms with Crippen molar-refractivity contribution in [1.82, 2.24) is 20.3 Å². The molecule has 9 heteroatoms. The van der Waals surface area contributed by atoms with Crippen LogP contribution in [-0.4, -0.2) is 33.1 Å². The highest BCUT2D eigenvalue weighted by Gasteiger charge is 2.21. The molecule has 0 aliphatic carbocycles. The molecule has 2 aromatic carbocycles. The van der Waals surface area contributed by atoms with E-state index in [9.17, 15) is 14.3 Å². The number of nitrogens with zero attached hydrogens (tertiary/aromatic N) is 3. The number of methoxy groups -OCH3 is 1. The van der Waals surface area contributed by atoms with Gasteiger partial charge in [-0.1, -0.05) is 16.8 Å². The van der Waals surface area contributed by atoms with Gasteiger partial charge in [-0.15, -0.1) is 5.10 Å². The van der Waals surface area contributed by atoms with E-state index in [0.29, 0.717) is 22.7 Å². The van der Waals surface area contributed by atoms with Crippen LogP contribution < -0.4 is 10.1 Å². The molecule has 0 unspecified atom stereocenters. The summed E-state index contributed by atoms with van der Waals surface area (Å²) in [5.41, 5.74) is 1.55. The molecular formula is C19H18ClFN4O3. The number of aromatic hydroxyl groups is 1. The maximum Gasteiger partial charge on any atom is 0.274 e. The minimum atomic E-state index is -0.548. The third kappa shape index (κ3) is 3.77. The maximum absolute atomic E-state index is 13.4. The van der Waals surface area contributed by atoms with Crippen molar-refractivity contribution in [3.8, 4) is 17.2 Å². The van der Waals surface area contributed by atoms with E-state index >= 15 is 0 Å². The average molecular weight is 405 g/mol. The number of aromatic nitrogens is 3. The zero-order valence-electron chi connectivity index (χ0n) is 15.4. The number of nitrogens with one attached hydrogen (secondary N) is 1. The van der Waals surface area contributed by atoms with E-state index in [0.717, 1.165) is 0 Å². The molecule has 2 N–H and O–H groups in total. The Morgan fingerprint density at radius 3 is 2.75 bits per heavy atom. The molecule has 1 aromatic heterocycles. The molecule has 0 bridgehead atoms. The highest BCUT2D eigenvalue weighted by atomic mass is 35.5. The molecule has 1 amide bonds. The van der Waals surface area contributed by atoms with Crippen LogP contribution in [0.1, 0.15) is 34.7 Å². The molecule has 0 saturated heterocycles. The first-order chi connectivity index (χ1) is 13.3. The highest BCUT2D eigenvalue weighted by Crippen LogP contribution is 2.28. The van der Waals surface area contributed by atoms with Crippen LogP contribution in [0.4, 0.5) is 4.39 Å². The number of phenolic OH excluding ortho intramolecular Hbond substituents is 1. The van der Waals surface area contributed by atoms with Crippen LogP contribution in [0.15, 0.2) is 36.4 Å². The molecule has 28 heavy (non-hydrogen) atoms. The second-order valence-corrected chi connectivity index (χ2v) is 6.56. The molecule has 1 heterocycles. The van der Waals surface area contributed by atoms with Gasteiger partial charge in [-0.2, -0.15) is 0 Å². The molecular weight excluding hydrogens is 387 g/mol. The molecule has 146 valence electrons. The van der Waals surface area contributed by atoms with E-state index in [1.54, 1.807) is 26.0 Å². The number of hydrogen-bond acceptors (Lipinski definition) is 5. The quantitative estimate of drug-likeness (QED) is 0.678. The summed E-state index contributed by atoms with van der Waals surface area (Å²) in [6.45, 7) is 3.39. The molecule has 0 radical (unpaired) electrons. The van der Waals surface area contributed by atoms with Crippen LogP contribution in [0.25, 0.3) is 5.69 Å². The van der Waals surface area contributed by atoms with Crippen LogP contribution in [0.3, 0.4) is 0 Å². The van der Waals surface area contributed by atoms with Crippen LogP contribution in [0.5, 0.6) is 11.5 Å². The van der Waals surface area contributed by atoms with Crippen molar-refractivity contribution in [2.75, 3.05) is 7.11 Å². The van der Waals surface area contributed by atoms with Crippen molar-refractivity contribution < 1.29 is 19.0 Å². The Morgan fingerprint density at radius 1 is 1.32 bits per heavy atom. The molecule has 0 aliphatic rings. The van der Waals surface area contributed by atoms with Crippen molar-refractivity contribution >= 4 is 17.5 Å². The summed E-state index contributed by atoms with van der Waals surface area (Å²) in [4.78, 5) is 12.7. The largest absolute Gasteiger partial charge is 0.508 e. The van der Waals surface area contributed by atoms with Gasteiger partial charge in [-0.25, -0.2) is 9.07 Å². The Balaban J connectivity index is 1.84. The summed E-state index contributed by atoms with van der Waals surface area (Å²) >= 11 is 5.81.